The van der Waals surface area contributed by atoms with Crippen LogP contribution < -0.4 is 21.7 Å². The lowest BCUT2D eigenvalue weighted by molar-refractivity contribution is -0.143. The number of carbonyl (C=O) groups is 4. The smallest absolute Gasteiger partial charge is 0.326 e. The van der Waals surface area contributed by atoms with Crippen LogP contribution in [0.5, 0.6) is 0 Å². The molecule has 3 unspecified atom stereocenters. The lowest BCUT2D eigenvalue weighted by Gasteiger charge is -2.23. The van der Waals surface area contributed by atoms with Crippen LogP contribution in [-0.4, -0.2) is 70.9 Å². The number of hydrogen-bond acceptors (Lipinski definition) is 7. The van der Waals surface area contributed by atoms with Gasteiger partial charge in [0.15, 0.2) is 0 Å². The van der Waals surface area contributed by atoms with Crippen molar-refractivity contribution in [2.75, 3.05) is 18.9 Å². The van der Waals surface area contributed by atoms with Gasteiger partial charge >= 0.3 is 5.97 Å². The Bertz CT molecular complexity index is 488. The minimum Gasteiger partial charge on any atom is -0.480 e. The first-order valence-corrected chi connectivity index (χ1v) is 8.34. The summed E-state index contributed by atoms with van der Waals surface area (Å²) in [4.78, 5) is 46.6. The zero-order valence-electron chi connectivity index (χ0n) is 14.2. The van der Waals surface area contributed by atoms with Crippen LogP contribution in [0.1, 0.15) is 20.3 Å². The topological polar surface area (TPSA) is 171 Å². The minimum atomic E-state index is -1.36. The number of aliphatic carboxylic acids is 1. The molecule has 0 aliphatic heterocycles. The fourth-order valence-corrected chi connectivity index (χ4v) is 2.14. The number of aliphatic hydroxyl groups is 1. The number of carbonyl (C=O) groups excluding carboxylic acids is 3. The summed E-state index contributed by atoms with van der Waals surface area (Å²) in [5.74, 6) is -3.42. The fraction of sp³-hybridized carbons (Fsp3) is 0.714. The van der Waals surface area contributed by atoms with Crippen LogP contribution in [0.3, 0.4) is 0 Å². The summed E-state index contributed by atoms with van der Waals surface area (Å²) in [6, 6.07) is -3.55. The molecule has 0 aliphatic carbocycles. The van der Waals surface area contributed by atoms with E-state index in [9.17, 15) is 24.3 Å². The van der Waals surface area contributed by atoms with Gasteiger partial charge < -0.3 is 31.9 Å². The van der Waals surface area contributed by atoms with Crippen LogP contribution in [0.15, 0.2) is 0 Å². The predicted octanol–water partition coefficient (Wildman–Crippen LogP) is -2.55. The van der Waals surface area contributed by atoms with Crippen molar-refractivity contribution in [2.45, 2.75) is 38.4 Å². The van der Waals surface area contributed by atoms with Crippen LogP contribution in [-0.2, 0) is 19.2 Å². The summed E-state index contributed by atoms with van der Waals surface area (Å²) < 4.78 is 0. The Labute approximate surface area is 151 Å². The minimum absolute atomic E-state index is 0.0172. The first-order chi connectivity index (χ1) is 11.7. The second-order valence-electron chi connectivity index (χ2n) is 5.78. The summed E-state index contributed by atoms with van der Waals surface area (Å²) in [5.41, 5.74) is 5.15. The maximum Gasteiger partial charge on any atom is 0.326 e. The molecule has 0 aromatic rings. The molecule has 11 heteroatoms. The third kappa shape index (κ3) is 8.70. The van der Waals surface area contributed by atoms with Crippen LogP contribution in [0.4, 0.5) is 0 Å². The van der Waals surface area contributed by atoms with Crippen molar-refractivity contribution < 1.29 is 29.4 Å². The molecule has 0 spiro atoms. The van der Waals surface area contributed by atoms with Gasteiger partial charge in [0.2, 0.25) is 17.7 Å². The highest BCUT2D eigenvalue weighted by molar-refractivity contribution is 7.80. The average molecular weight is 378 g/mol. The molecule has 25 heavy (non-hydrogen) atoms. The van der Waals surface area contributed by atoms with E-state index in [4.69, 9.17) is 10.8 Å². The van der Waals surface area contributed by atoms with Crippen LogP contribution in [0, 0.1) is 5.92 Å². The zero-order chi connectivity index (χ0) is 19.6. The quantitative estimate of drug-likeness (QED) is 0.194. The van der Waals surface area contributed by atoms with Gasteiger partial charge in [-0.2, -0.15) is 12.6 Å². The van der Waals surface area contributed by atoms with E-state index in [1.54, 1.807) is 13.8 Å². The second kappa shape index (κ2) is 11.7. The number of nitrogens with one attached hydrogen (secondary N) is 3. The highest BCUT2D eigenvalue weighted by atomic mass is 32.1. The van der Waals surface area contributed by atoms with E-state index in [0.29, 0.717) is 0 Å². The molecule has 3 amide bonds. The first-order valence-electron chi connectivity index (χ1n) is 7.70. The Hall–Kier alpha value is -1.85. The zero-order valence-corrected chi connectivity index (χ0v) is 15.1. The van der Waals surface area contributed by atoms with E-state index in [1.165, 1.54) is 0 Å². The van der Waals surface area contributed by atoms with Crippen molar-refractivity contribution in [1.29, 1.82) is 0 Å². The molecule has 0 rings (SSSR count). The van der Waals surface area contributed by atoms with Crippen molar-refractivity contribution in [3.8, 4) is 0 Å². The van der Waals surface area contributed by atoms with E-state index in [0.717, 1.165) is 0 Å². The van der Waals surface area contributed by atoms with E-state index in [2.05, 4.69) is 28.6 Å². The molecule has 0 aromatic heterocycles. The van der Waals surface area contributed by atoms with Gasteiger partial charge in [0.1, 0.15) is 18.1 Å². The molecule has 7 N–H and O–H groups in total. The number of amides is 3. The fourth-order valence-electron chi connectivity index (χ4n) is 1.88. The molecule has 0 bridgehead atoms. The SMILES string of the molecule is CC(C)CC(NC(=O)C(CO)NC(=O)C(CS)NC(=O)CN)C(=O)O. The lowest BCUT2D eigenvalue weighted by Crippen LogP contribution is -2.57. The molecule has 10 nitrogen and oxygen atoms in total. The number of carboxylic acids is 1. The lowest BCUT2D eigenvalue weighted by atomic mass is 10.0. The number of aliphatic hydroxyl groups excluding tert-OH is 1. The Morgan fingerprint density at radius 1 is 1.00 bits per heavy atom. The van der Waals surface area contributed by atoms with Gasteiger partial charge in [0, 0.05) is 5.75 Å². The third-order valence-corrected chi connectivity index (χ3v) is 3.52. The molecule has 0 aromatic carbocycles. The Balaban J connectivity index is 4.89. The van der Waals surface area contributed by atoms with E-state index >= 15 is 0 Å². The molecule has 0 saturated carbocycles. The standard InChI is InChI=1S/C14H26N4O6S/c1-7(2)3-8(14(23)24)17-12(21)9(5-19)18-13(22)10(6-25)16-11(20)4-15/h7-10,19,25H,3-6,15H2,1-2H3,(H,16,20)(H,17,21)(H,18,22)(H,23,24). The summed E-state index contributed by atoms with van der Waals surface area (Å²) in [6.07, 6.45) is 0.193. The normalized spacial score (nSPS) is 14.3. The molecule has 0 fully saturated rings. The Kier molecular flexibility index (Phi) is 10.8. The Morgan fingerprint density at radius 2 is 1.52 bits per heavy atom. The highest BCUT2D eigenvalue weighted by Gasteiger charge is 2.28. The molecular weight excluding hydrogens is 352 g/mol. The van der Waals surface area contributed by atoms with Gasteiger partial charge in [0.05, 0.1) is 13.2 Å². The van der Waals surface area contributed by atoms with E-state index in [-0.39, 0.29) is 24.6 Å². The van der Waals surface area contributed by atoms with Gasteiger partial charge in [-0.3, -0.25) is 14.4 Å². The first kappa shape index (κ1) is 23.1. The van der Waals surface area contributed by atoms with Gasteiger partial charge in [-0.05, 0) is 12.3 Å². The van der Waals surface area contributed by atoms with Crippen molar-refractivity contribution in [3.63, 3.8) is 0 Å². The average Bonchev–Trinajstić information content (AvgIpc) is 2.55. The Morgan fingerprint density at radius 3 is 1.92 bits per heavy atom. The maximum atomic E-state index is 12.1. The molecule has 144 valence electrons. The van der Waals surface area contributed by atoms with Crippen LogP contribution in [0.25, 0.3) is 0 Å². The van der Waals surface area contributed by atoms with Crippen LogP contribution in [0.2, 0.25) is 0 Å². The monoisotopic (exact) mass is 378 g/mol. The van der Waals surface area contributed by atoms with Crippen molar-refractivity contribution in [1.82, 2.24) is 16.0 Å². The van der Waals surface area contributed by atoms with Crippen molar-refractivity contribution in [2.24, 2.45) is 11.7 Å². The number of rotatable bonds is 11. The molecule has 0 radical (unpaired) electrons. The van der Waals surface area contributed by atoms with Gasteiger partial charge in [-0.15, -0.1) is 0 Å². The summed E-state index contributed by atoms with van der Waals surface area (Å²) >= 11 is 3.93. The van der Waals surface area contributed by atoms with E-state index < -0.39 is 48.4 Å². The number of nitrogens with two attached hydrogens (primary N) is 1. The molecular formula is C14H26N4O6S. The second-order valence-corrected chi connectivity index (χ2v) is 6.14. The van der Waals surface area contributed by atoms with Gasteiger partial charge in [-0.1, -0.05) is 13.8 Å². The van der Waals surface area contributed by atoms with E-state index in [1.807, 2.05) is 0 Å². The number of hydrogen-bond donors (Lipinski definition) is 7. The molecule has 0 aliphatic rings. The van der Waals surface area contributed by atoms with Gasteiger partial charge in [0.25, 0.3) is 0 Å². The van der Waals surface area contributed by atoms with Crippen molar-refractivity contribution in [3.05, 3.63) is 0 Å². The molecule has 0 heterocycles. The van der Waals surface area contributed by atoms with Crippen LogP contribution >= 0.6 is 12.6 Å². The summed E-state index contributed by atoms with van der Waals surface area (Å²) in [5, 5.41) is 25.3. The largest absolute Gasteiger partial charge is 0.480 e. The number of carboxylic acid groups (broad SMARTS) is 1. The summed E-state index contributed by atoms with van der Waals surface area (Å²) in [6.45, 7) is 2.53. The summed E-state index contributed by atoms with van der Waals surface area (Å²) in [7, 11) is 0. The van der Waals surface area contributed by atoms with Crippen molar-refractivity contribution >= 4 is 36.3 Å². The highest BCUT2D eigenvalue weighted by Crippen LogP contribution is 2.05. The molecule has 0 saturated heterocycles. The third-order valence-electron chi connectivity index (χ3n) is 3.16. The van der Waals surface area contributed by atoms with Gasteiger partial charge in [-0.25, -0.2) is 4.79 Å². The predicted molar refractivity (Wildman–Crippen MR) is 92.9 cm³/mol. The number of thiol groups is 1. The maximum absolute atomic E-state index is 12.1. The molecule has 3 atom stereocenters.